The Bertz CT molecular complexity index is 2100. The van der Waals surface area contributed by atoms with E-state index in [1.165, 1.54) is 74.2 Å². The normalized spacial score (nSPS) is 13.2. The maximum atomic E-state index is 4.69. The van der Waals surface area contributed by atoms with Crippen LogP contribution in [0, 0.1) is 18.1 Å². The molecule has 7 aromatic rings. The first-order valence-electron chi connectivity index (χ1n) is 16.7. The van der Waals surface area contributed by atoms with E-state index in [-0.39, 0.29) is 20.1 Å². The van der Waals surface area contributed by atoms with Crippen molar-refractivity contribution in [3.05, 3.63) is 139 Å². The van der Waals surface area contributed by atoms with E-state index in [4.69, 9.17) is 4.98 Å². The summed E-state index contributed by atoms with van der Waals surface area (Å²) >= 11 is 1.84. The molecule has 1 aliphatic carbocycles. The molecule has 8 rings (SSSR count). The molecule has 0 atom stereocenters. The number of aromatic nitrogens is 2. The molecule has 243 valence electrons. The van der Waals surface area contributed by atoms with Gasteiger partial charge in [0.15, 0.2) is 0 Å². The summed E-state index contributed by atoms with van der Waals surface area (Å²) in [6, 6.07) is 45.3. The molecule has 5 heteroatoms. The molecule has 1 radical (unpaired) electrons. The number of rotatable bonds is 6. The summed E-state index contributed by atoms with van der Waals surface area (Å²) in [6.07, 6.45) is 10.7. The fourth-order valence-corrected chi connectivity index (χ4v) is 8.61. The molecular weight excluding hydrogens is 797 g/mol. The number of hydrogen-bond donors (Lipinski definition) is 0. The summed E-state index contributed by atoms with van der Waals surface area (Å²) in [7, 11) is -1.23. The number of benzene rings is 4. The first-order valence-corrected chi connectivity index (χ1v) is 21.0. The quantitative estimate of drug-likeness (QED) is 0.123. The van der Waals surface area contributed by atoms with E-state index in [0.29, 0.717) is 0 Å². The number of pyridine rings is 2. The van der Waals surface area contributed by atoms with Crippen molar-refractivity contribution in [3.63, 3.8) is 0 Å². The van der Waals surface area contributed by atoms with E-state index < -0.39 is 8.07 Å². The van der Waals surface area contributed by atoms with E-state index in [9.17, 15) is 0 Å². The van der Waals surface area contributed by atoms with Crippen molar-refractivity contribution < 1.29 is 20.1 Å². The molecular formula is C43H40IrN2SSi-2. The van der Waals surface area contributed by atoms with Crippen LogP contribution in [-0.2, 0) is 26.5 Å². The van der Waals surface area contributed by atoms with Crippen molar-refractivity contribution in [2.45, 2.75) is 51.7 Å². The van der Waals surface area contributed by atoms with Gasteiger partial charge in [-0.2, -0.15) is 11.3 Å². The van der Waals surface area contributed by atoms with Crippen molar-refractivity contribution in [2.75, 3.05) is 0 Å². The Hall–Kier alpha value is -3.73. The second kappa shape index (κ2) is 15.2. The number of thiophene rings is 1. The minimum Gasteiger partial charge on any atom is -0.305 e. The third-order valence-corrected chi connectivity index (χ3v) is 12.4. The van der Waals surface area contributed by atoms with Crippen LogP contribution < -0.4 is 5.19 Å². The van der Waals surface area contributed by atoms with Crippen LogP contribution in [-0.4, -0.2) is 18.0 Å². The zero-order valence-corrected chi connectivity index (χ0v) is 32.0. The minimum atomic E-state index is -1.23. The van der Waals surface area contributed by atoms with Gasteiger partial charge in [-0.3, -0.25) is 0 Å². The van der Waals surface area contributed by atoms with E-state index in [2.05, 4.69) is 122 Å². The molecule has 0 bridgehead atoms. The second-order valence-electron chi connectivity index (χ2n) is 13.7. The molecule has 0 saturated heterocycles. The zero-order valence-electron chi connectivity index (χ0n) is 27.8. The van der Waals surface area contributed by atoms with Gasteiger partial charge in [-0.05, 0) is 68.3 Å². The molecule has 4 aromatic carbocycles. The van der Waals surface area contributed by atoms with Crippen LogP contribution in [0.4, 0.5) is 0 Å². The Morgan fingerprint density at radius 1 is 0.708 bits per heavy atom. The Balaban J connectivity index is 0.000000201. The maximum absolute atomic E-state index is 4.69. The van der Waals surface area contributed by atoms with Crippen molar-refractivity contribution in [3.8, 4) is 33.6 Å². The van der Waals surface area contributed by atoms with Crippen LogP contribution >= 0.6 is 11.3 Å². The first-order chi connectivity index (χ1) is 22.9. The van der Waals surface area contributed by atoms with Gasteiger partial charge in [-0.25, -0.2) is 0 Å². The Morgan fingerprint density at radius 3 is 2.23 bits per heavy atom. The predicted octanol–water partition coefficient (Wildman–Crippen LogP) is 11.4. The van der Waals surface area contributed by atoms with Gasteiger partial charge >= 0.3 is 0 Å². The smallest absolute Gasteiger partial charge is 0.0795 e. The zero-order chi connectivity index (χ0) is 32.2. The topological polar surface area (TPSA) is 25.8 Å². The molecule has 2 nitrogen and oxygen atoms in total. The summed E-state index contributed by atoms with van der Waals surface area (Å²) in [4.78, 5) is 9.21. The van der Waals surface area contributed by atoms with E-state index in [0.717, 1.165) is 28.4 Å². The largest absolute Gasteiger partial charge is 0.305 e. The van der Waals surface area contributed by atoms with Gasteiger partial charge in [0.2, 0.25) is 0 Å². The summed E-state index contributed by atoms with van der Waals surface area (Å²) < 4.78 is 2.61. The van der Waals surface area contributed by atoms with Crippen molar-refractivity contribution in [1.82, 2.24) is 9.97 Å². The molecule has 0 unspecified atom stereocenters. The minimum absolute atomic E-state index is 0. The molecule has 0 aliphatic heterocycles. The maximum Gasteiger partial charge on any atom is 0.0795 e. The summed E-state index contributed by atoms with van der Waals surface area (Å²) in [6.45, 7) is 7.00. The number of fused-ring (bicyclic) bond motifs is 3. The fraction of sp³-hybridized carbons (Fsp3) is 0.209. The SMILES string of the molecule is C[Si](C)(C)c1ccc(-c2[c-]cccc2)nc1.[Ir].[c-]1cc2sc3ccc(-c4ccccc4)cc3c2cc1-c1cc(CC2CCCC2)ccn1. The van der Waals surface area contributed by atoms with Crippen LogP contribution in [0.15, 0.2) is 122 Å². The fourth-order valence-electron chi connectivity index (χ4n) is 6.52. The Labute approximate surface area is 303 Å². The average Bonchev–Trinajstić information content (AvgIpc) is 3.76. The van der Waals surface area contributed by atoms with E-state index in [1.807, 2.05) is 48.0 Å². The standard InChI is InChI=1S/C29H24NS.C14H16NSi.Ir/c1-2-8-22(9-3-1)23-10-12-28-25(18-23)26-19-24(11-13-29(26)31-28)27-17-21(14-15-30-27)16-20-6-4-5-7-20;1-16(2,3)13-9-10-14(15-11-13)12-7-5-4-6-8-12;/h1-3,8-10,12-15,17-20H,4-7,16H2;4-7,9-11H,1-3H3;/q2*-1;. The van der Waals surface area contributed by atoms with Crippen LogP contribution in [0.2, 0.25) is 19.6 Å². The van der Waals surface area contributed by atoms with E-state index in [1.54, 1.807) is 0 Å². The molecule has 1 saturated carbocycles. The van der Waals surface area contributed by atoms with Gasteiger partial charge in [0.05, 0.1) is 8.07 Å². The molecule has 0 N–H and O–H groups in total. The van der Waals surface area contributed by atoms with E-state index >= 15 is 0 Å². The molecule has 48 heavy (non-hydrogen) atoms. The van der Waals surface area contributed by atoms with Crippen LogP contribution in [0.25, 0.3) is 53.8 Å². The van der Waals surface area contributed by atoms with Gasteiger partial charge in [0.25, 0.3) is 0 Å². The molecule has 0 spiro atoms. The van der Waals surface area contributed by atoms with Gasteiger partial charge in [-0.1, -0.05) is 111 Å². The summed E-state index contributed by atoms with van der Waals surface area (Å²) in [5.41, 5.74) is 8.12. The van der Waals surface area contributed by atoms with Gasteiger partial charge < -0.3 is 9.97 Å². The summed E-state index contributed by atoms with van der Waals surface area (Å²) in [5, 5.41) is 4.01. The van der Waals surface area contributed by atoms with Crippen LogP contribution in [0.1, 0.15) is 31.2 Å². The molecule has 1 fully saturated rings. The van der Waals surface area contributed by atoms with Gasteiger partial charge in [0, 0.05) is 37.2 Å². The molecule has 3 heterocycles. The number of nitrogens with zero attached hydrogens (tertiary/aromatic N) is 2. The summed E-state index contributed by atoms with van der Waals surface area (Å²) in [5.74, 6) is 0.846. The molecule has 3 aromatic heterocycles. The number of hydrogen-bond acceptors (Lipinski definition) is 3. The van der Waals surface area contributed by atoms with Crippen LogP contribution in [0.5, 0.6) is 0 Å². The first kappa shape index (κ1) is 34.1. The van der Waals surface area contributed by atoms with Crippen molar-refractivity contribution in [1.29, 1.82) is 0 Å². The third-order valence-electron chi connectivity index (χ3n) is 9.22. The monoisotopic (exact) mass is 837 g/mol. The van der Waals surface area contributed by atoms with Crippen molar-refractivity contribution in [2.24, 2.45) is 5.92 Å². The Morgan fingerprint density at radius 2 is 1.50 bits per heavy atom. The van der Waals surface area contributed by atoms with Gasteiger partial charge in [-0.15, -0.1) is 59.7 Å². The van der Waals surface area contributed by atoms with Gasteiger partial charge in [0.1, 0.15) is 0 Å². The Kier molecular flexibility index (Phi) is 10.8. The molecule has 0 amide bonds. The van der Waals surface area contributed by atoms with Crippen LogP contribution in [0.3, 0.4) is 0 Å². The second-order valence-corrected chi connectivity index (χ2v) is 19.8. The predicted molar refractivity (Wildman–Crippen MR) is 204 cm³/mol. The van der Waals surface area contributed by atoms with Crippen molar-refractivity contribution >= 4 is 44.8 Å². The average molecular weight is 837 g/mol. The molecule has 1 aliphatic rings. The third kappa shape index (κ3) is 7.93.